The molecule has 2 aliphatic rings. The van der Waals surface area contributed by atoms with Crippen molar-refractivity contribution in [3.63, 3.8) is 0 Å². The molecule has 2 N–H and O–H groups in total. The molecule has 1 unspecified atom stereocenters. The number of benzene rings is 1. The Morgan fingerprint density at radius 1 is 1.22 bits per heavy atom. The normalized spacial score (nSPS) is 23.6. The average Bonchev–Trinajstić information content (AvgIpc) is 3.00. The van der Waals surface area contributed by atoms with Crippen LogP contribution in [0.2, 0.25) is 0 Å². The summed E-state index contributed by atoms with van der Waals surface area (Å²) in [5.74, 6) is -0.363. The van der Waals surface area contributed by atoms with E-state index in [9.17, 15) is 19.2 Å². The van der Waals surface area contributed by atoms with Crippen molar-refractivity contribution in [1.82, 2.24) is 15.5 Å². The Balaban J connectivity index is 1.44. The summed E-state index contributed by atoms with van der Waals surface area (Å²) in [5, 5.41) is 5.48. The summed E-state index contributed by atoms with van der Waals surface area (Å²) in [6.07, 6.45) is 2.40. The van der Waals surface area contributed by atoms with Crippen LogP contribution in [-0.4, -0.2) is 60.6 Å². The number of urea groups is 1. The lowest BCUT2D eigenvalue weighted by atomic mass is 9.77. The molecule has 1 aliphatic heterocycles. The topological polar surface area (TPSA) is 114 Å². The average molecular weight is 446 g/mol. The van der Waals surface area contributed by atoms with Crippen molar-refractivity contribution in [3.8, 4) is 5.75 Å². The molecule has 1 aliphatic carbocycles. The molecule has 0 aromatic heterocycles. The largest absolute Gasteiger partial charge is 0.497 e. The number of methoxy groups -OCH3 is 1. The van der Waals surface area contributed by atoms with E-state index in [1.165, 1.54) is 6.92 Å². The van der Waals surface area contributed by atoms with E-state index >= 15 is 0 Å². The zero-order chi connectivity index (χ0) is 23.3. The van der Waals surface area contributed by atoms with Gasteiger partial charge in [0.1, 0.15) is 17.8 Å². The number of hydrogen-bond acceptors (Lipinski definition) is 6. The first-order valence-electron chi connectivity index (χ1n) is 11.0. The van der Waals surface area contributed by atoms with Crippen LogP contribution in [0.25, 0.3) is 0 Å². The van der Waals surface area contributed by atoms with Gasteiger partial charge in [0.2, 0.25) is 0 Å². The highest BCUT2D eigenvalue weighted by Gasteiger charge is 2.52. The van der Waals surface area contributed by atoms with Crippen molar-refractivity contribution in [3.05, 3.63) is 29.8 Å². The number of rotatable bonds is 8. The Labute approximate surface area is 187 Å². The Hall–Kier alpha value is -3.10. The van der Waals surface area contributed by atoms with Crippen molar-refractivity contribution in [1.29, 1.82) is 0 Å². The third kappa shape index (κ3) is 5.38. The zero-order valence-corrected chi connectivity index (χ0v) is 18.8. The SMILES string of the molecule is COc1ccc(CCNC(=O)C(C)OC(=O)CN2C(=O)NC3(CCC(C)CC3)C2=O)cc1. The van der Waals surface area contributed by atoms with Gasteiger partial charge < -0.3 is 20.1 Å². The van der Waals surface area contributed by atoms with Crippen LogP contribution in [0.15, 0.2) is 24.3 Å². The highest BCUT2D eigenvalue weighted by Crippen LogP contribution is 2.36. The molecule has 174 valence electrons. The minimum absolute atomic E-state index is 0.376. The lowest BCUT2D eigenvalue weighted by Crippen LogP contribution is -2.49. The summed E-state index contributed by atoms with van der Waals surface area (Å²) in [5.41, 5.74) is 0.120. The van der Waals surface area contributed by atoms with Crippen LogP contribution in [0.5, 0.6) is 5.75 Å². The van der Waals surface area contributed by atoms with Gasteiger partial charge in [0.05, 0.1) is 7.11 Å². The molecule has 9 heteroatoms. The van der Waals surface area contributed by atoms with Gasteiger partial charge in [0, 0.05) is 6.54 Å². The van der Waals surface area contributed by atoms with E-state index in [0.29, 0.717) is 31.7 Å². The van der Waals surface area contributed by atoms with Crippen LogP contribution < -0.4 is 15.4 Å². The monoisotopic (exact) mass is 445 g/mol. The first-order valence-corrected chi connectivity index (χ1v) is 11.0. The molecule has 1 aromatic rings. The number of carbonyl (C=O) groups is 4. The fourth-order valence-electron chi connectivity index (χ4n) is 4.10. The van der Waals surface area contributed by atoms with E-state index in [0.717, 1.165) is 29.1 Å². The van der Waals surface area contributed by atoms with Crippen LogP contribution in [0.3, 0.4) is 0 Å². The molecule has 1 atom stereocenters. The molecule has 0 bridgehead atoms. The van der Waals surface area contributed by atoms with Gasteiger partial charge in [-0.3, -0.25) is 19.3 Å². The van der Waals surface area contributed by atoms with E-state index in [1.54, 1.807) is 7.11 Å². The first-order chi connectivity index (χ1) is 15.2. The molecule has 0 radical (unpaired) electrons. The maximum absolute atomic E-state index is 12.8. The van der Waals surface area contributed by atoms with Gasteiger partial charge in [-0.05, 0) is 62.6 Å². The van der Waals surface area contributed by atoms with E-state index in [1.807, 2.05) is 24.3 Å². The fourth-order valence-corrected chi connectivity index (χ4v) is 4.10. The van der Waals surface area contributed by atoms with E-state index < -0.39 is 36.1 Å². The van der Waals surface area contributed by atoms with Crippen LogP contribution in [0.4, 0.5) is 4.79 Å². The number of amides is 4. The van der Waals surface area contributed by atoms with E-state index in [2.05, 4.69) is 17.6 Å². The molecule has 4 amide bonds. The molecule has 1 spiro atoms. The summed E-state index contributed by atoms with van der Waals surface area (Å²) in [6, 6.07) is 6.92. The minimum Gasteiger partial charge on any atom is -0.497 e. The predicted octanol–water partition coefficient (Wildman–Crippen LogP) is 1.79. The van der Waals surface area contributed by atoms with Gasteiger partial charge >= 0.3 is 12.0 Å². The zero-order valence-electron chi connectivity index (χ0n) is 18.8. The van der Waals surface area contributed by atoms with Gasteiger partial charge in [-0.15, -0.1) is 0 Å². The predicted molar refractivity (Wildman–Crippen MR) is 116 cm³/mol. The van der Waals surface area contributed by atoms with Crippen LogP contribution in [0.1, 0.15) is 45.1 Å². The fraction of sp³-hybridized carbons (Fsp3) is 0.565. The number of imide groups is 1. The van der Waals surface area contributed by atoms with E-state index in [-0.39, 0.29) is 5.91 Å². The van der Waals surface area contributed by atoms with Gasteiger partial charge in [-0.1, -0.05) is 19.1 Å². The highest BCUT2D eigenvalue weighted by atomic mass is 16.5. The Morgan fingerprint density at radius 3 is 2.50 bits per heavy atom. The van der Waals surface area contributed by atoms with Crippen molar-refractivity contribution in [2.75, 3.05) is 20.2 Å². The second-order valence-corrected chi connectivity index (χ2v) is 8.61. The van der Waals surface area contributed by atoms with Crippen molar-refractivity contribution >= 4 is 23.8 Å². The maximum Gasteiger partial charge on any atom is 0.327 e. The highest BCUT2D eigenvalue weighted by molar-refractivity contribution is 6.08. The Morgan fingerprint density at radius 2 is 1.88 bits per heavy atom. The summed E-state index contributed by atoms with van der Waals surface area (Å²) >= 11 is 0. The van der Waals surface area contributed by atoms with Crippen LogP contribution in [-0.2, 0) is 25.5 Å². The third-order valence-electron chi connectivity index (χ3n) is 6.21. The molecule has 32 heavy (non-hydrogen) atoms. The Kier molecular flexibility index (Phi) is 7.37. The lowest BCUT2D eigenvalue weighted by Gasteiger charge is -2.33. The second-order valence-electron chi connectivity index (χ2n) is 8.61. The molecule has 1 saturated heterocycles. The third-order valence-corrected chi connectivity index (χ3v) is 6.21. The number of carbonyl (C=O) groups excluding carboxylic acids is 4. The number of nitrogens with zero attached hydrogens (tertiary/aromatic N) is 1. The number of ether oxygens (including phenoxy) is 2. The Bertz CT molecular complexity index is 861. The smallest absolute Gasteiger partial charge is 0.327 e. The standard InChI is InChI=1S/C23H31N3O6/c1-15-8-11-23(12-9-15)21(29)26(22(30)25-23)14-19(27)32-16(2)20(28)24-13-10-17-4-6-18(31-3)7-5-17/h4-7,15-16H,8-14H2,1-3H3,(H,24,28)(H,25,30). The van der Waals surface area contributed by atoms with Gasteiger partial charge in [0.15, 0.2) is 6.10 Å². The number of nitrogens with one attached hydrogen (secondary N) is 2. The van der Waals surface area contributed by atoms with Crippen LogP contribution in [0, 0.1) is 5.92 Å². The quantitative estimate of drug-likeness (QED) is 0.466. The molecule has 1 saturated carbocycles. The molecular weight excluding hydrogens is 414 g/mol. The van der Waals surface area contributed by atoms with E-state index in [4.69, 9.17) is 9.47 Å². The summed E-state index contributed by atoms with van der Waals surface area (Å²) in [6.45, 7) is 3.44. The maximum atomic E-state index is 12.8. The molecule has 1 heterocycles. The van der Waals surface area contributed by atoms with Crippen molar-refractivity contribution < 1.29 is 28.7 Å². The van der Waals surface area contributed by atoms with Crippen molar-refractivity contribution in [2.24, 2.45) is 5.92 Å². The first kappa shape index (κ1) is 23.6. The molecule has 3 rings (SSSR count). The summed E-state index contributed by atoms with van der Waals surface area (Å²) in [4.78, 5) is 50.6. The number of hydrogen-bond donors (Lipinski definition) is 2. The minimum atomic E-state index is -1.04. The van der Waals surface area contributed by atoms with Gasteiger partial charge in [-0.25, -0.2) is 4.79 Å². The second kappa shape index (κ2) is 10.0. The summed E-state index contributed by atoms with van der Waals surface area (Å²) < 4.78 is 10.3. The molecule has 9 nitrogen and oxygen atoms in total. The molecule has 1 aromatic carbocycles. The number of esters is 1. The van der Waals surface area contributed by atoms with Crippen molar-refractivity contribution in [2.45, 2.75) is 57.6 Å². The summed E-state index contributed by atoms with van der Waals surface area (Å²) in [7, 11) is 1.60. The van der Waals surface area contributed by atoms with Gasteiger partial charge in [-0.2, -0.15) is 0 Å². The molecule has 2 fully saturated rings. The van der Waals surface area contributed by atoms with Gasteiger partial charge in [0.25, 0.3) is 11.8 Å². The van der Waals surface area contributed by atoms with Crippen LogP contribution >= 0.6 is 0 Å². The lowest BCUT2D eigenvalue weighted by molar-refractivity contribution is -0.156. The molecular formula is C23H31N3O6.